The van der Waals surface area contributed by atoms with E-state index in [9.17, 15) is 14.7 Å². The van der Waals surface area contributed by atoms with E-state index in [-0.39, 0.29) is 34.6 Å². The number of para-hydroxylation sites is 1. The van der Waals surface area contributed by atoms with E-state index in [0.717, 1.165) is 33.2 Å². The molecule has 0 bridgehead atoms. The number of halogens is 1. The minimum absolute atomic E-state index is 0.138. The largest absolute Gasteiger partial charge is 0.507 e. The van der Waals surface area contributed by atoms with Crippen LogP contribution in [0.25, 0.3) is 6.08 Å². The summed E-state index contributed by atoms with van der Waals surface area (Å²) in [5.41, 5.74) is 4.71. The fraction of sp³-hybridized carbons (Fsp3) is 0.318. The Morgan fingerprint density at radius 2 is 1.52 bits per heavy atom. The highest BCUT2D eigenvalue weighted by atomic mass is 79.9. The number of anilines is 1. The molecular weight excluding hydrogens is 730 g/mol. The molecule has 1 N–H and O–H groups in total. The Labute approximate surface area is 316 Å². The van der Waals surface area contributed by atoms with E-state index in [1.807, 2.05) is 60.7 Å². The van der Waals surface area contributed by atoms with Crippen LogP contribution in [0.3, 0.4) is 0 Å². The molecule has 4 aromatic carbocycles. The number of amides is 2. The average molecular weight is 777 g/mol. The Morgan fingerprint density at radius 3 is 2.13 bits per heavy atom. The molecule has 0 saturated carbocycles. The maximum atomic E-state index is 14.2. The van der Waals surface area contributed by atoms with Gasteiger partial charge in [-0.1, -0.05) is 127 Å². The highest BCUT2D eigenvalue weighted by molar-refractivity contribution is 9.10. The van der Waals surface area contributed by atoms with Crippen molar-refractivity contribution in [3.8, 4) is 5.75 Å². The zero-order chi connectivity index (χ0) is 36.6. The molecule has 8 heteroatoms. The molecule has 2 heterocycles. The first-order chi connectivity index (χ1) is 25.0. The Hall–Kier alpha value is -4.08. The van der Waals surface area contributed by atoms with Gasteiger partial charge in [-0.2, -0.15) is 0 Å². The van der Waals surface area contributed by atoms with Crippen LogP contribution in [0.1, 0.15) is 52.5 Å². The molecule has 268 valence electrons. The van der Waals surface area contributed by atoms with Gasteiger partial charge in [0, 0.05) is 16.0 Å². The second kappa shape index (κ2) is 14.7. The van der Waals surface area contributed by atoms with Crippen molar-refractivity contribution in [2.24, 2.45) is 17.8 Å². The van der Waals surface area contributed by atoms with Crippen molar-refractivity contribution in [1.82, 2.24) is 0 Å². The second-order valence-corrected chi connectivity index (χ2v) is 20.6. The molecule has 3 aliphatic rings. The zero-order valence-corrected chi connectivity index (χ0v) is 32.8. The smallest absolute Gasteiger partial charge is 0.261 e. The molecule has 4 atom stereocenters. The van der Waals surface area contributed by atoms with Crippen molar-refractivity contribution in [3.05, 3.63) is 136 Å². The van der Waals surface area contributed by atoms with E-state index < -0.39 is 20.2 Å². The van der Waals surface area contributed by atoms with Crippen molar-refractivity contribution in [1.29, 1.82) is 0 Å². The standard InChI is InChI=1S/C44H46BrNO5Si/c1-29(24-30-25-32(45)21-22-38(30)47)20-23-39-40-31(26-36-41(37(40)28-50-39)43(49)46(42(36)48)33-14-8-5-9-15-33)27-51-52(44(2,3)4,34-16-10-6-11-17-34)35-18-12-7-13-19-35/h5-19,21-22,24-25,36-37,39,41,47H,20,23,26-28H2,1-4H3/b29-24+/t36-,37+,39-,41-/m1/s1. The quantitative estimate of drug-likeness (QED) is 0.0995. The van der Waals surface area contributed by atoms with Crippen molar-refractivity contribution >= 4 is 58.2 Å². The van der Waals surface area contributed by atoms with Crippen LogP contribution in [0.2, 0.25) is 5.04 Å². The minimum Gasteiger partial charge on any atom is -0.507 e. The summed E-state index contributed by atoms with van der Waals surface area (Å²) in [5, 5.41) is 12.6. The first kappa shape index (κ1) is 36.3. The summed E-state index contributed by atoms with van der Waals surface area (Å²) in [6.07, 6.45) is 3.72. The van der Waals surface area contributed by atoms with Crippen molar-refractivity contribution in [2.75, 3.05) is 18.1 Å². The van der Waals surface area contributed by atoms with Crippen LogP contribution < -0.4 is 15.3 Å². The average Bonchev–Trinajstić information content (AvgIpc) is 3.67. The van der Waals surface area contributed by atoms with Crippen molar-refractivity contribution in [2.45, 2.75) is 58.1 Å². The summed E-state index contributed by atoms with van der Waals surface area (Å²) in [6, 6.07) is 35.9. The molecule has 0 radical (unpaired) electrons. The molecule has 2 aliphatic heterocycles. The van der Waals surface area contributed by atoms with E-state index in [1.165, 1.54) is 15.3 Å². The second-order valence-electron chi connectivity index (χ2n) is 15.4. The highest BCUT2D eigenvalue weighted by Crippen LogP contribution is 2.51. The van der Waals surface area contributed by atoms with Crippen molar-refractivity contribution in [3.63, 3.8) is 0 Å². The van der Waals surface area contributed by atoms with Crippen LogP contribution in [-0.2, 0) is 18.8 Å². The van der Waals surface area contributed by atoms with Crippen LogP contribution >= 0.6 is 15.9 Å². The van der Waals surface area contributed by atoms with Gasteiger partial charge in [0.1, 0.15) is 5.75 Å². The zero-order valence-electron chi connectivity index (χ0n) is 30.2. The first-order valence-corrected chi connectivity index (χ1v) is 20.9. The number of imide groups is 1. The van der Waals surface area contributed by atoms with E-state index in [1.54, 1.807) is 6.07 Å². The van der Waals surface area contributed by atoms with Crippen LogP contribution in [0.4, 0.5) is 5.69 Å². The molecule has 52 heavy (non-hydrogen) atoms. The summed E-state index contributed by atoms with van der Waals surface area (Å²) in [5.74, 6) is -1.19. The van der Waals surface area contributed by atoms with Crippen LogP contribution in [0, 0.1) is 17.8 Å². The van der Waals surface area contributed by atoms with Gasteiger partial charge in [0.15, 0.2) is 0 Å². The van der Waals surface area contributed by atoms with Crippen LogP contribution in [0.5, 0.6) is 5.75 Å². The summed E-state index contributed by atoms with van der Waals surface area (Å²) < 4.78 is 15.0. The summed E-state index contributed by atoms with van der Waals surface area (Å²) >= 11 is 3.51. The fourth-order valence-electron chi connectivity index (χ4n) is 8.73. The topological polar surface area (TPSA) is 76.1 Å². The number of nitrogens with zero attached hydrogens (tertiary/aromatic N) is 1. The third kappa shape index (κ3) is 6.66. The van der Waals surface area contributed by atoms with Crippen LogP contribution in [0.15, 0.2) is 130 Å². The normalized spacial score (nSPS) is 22.2. The number of hydrogen-bond acceptors (Lipinski definition) is 5. The number of aromatic hydroxyl groups is 1. The Morgan fingerprint density at radius 1 is 0.904 bits per heavy atom. The lowest BCUT2D eigenvalue weighted by molar-refractivity contribution is -0.122. The van der Waals surface area contributed by atoms with Gasteiger partial charge in [0.2, 0.25) is 11.8 Å². The van der Waals surface area contributed by atoms with E-state index in [4.69, 9.17) is 9.16 Å². The molecule has 2 amide bonds. The Kier molecular flexibility index (Phi) is 10.3. The summed E-state index contributed by atoms with van der Waals surface area (Å²) in [4.78, 5) is 29.8. The van der Waals surface area contributed by atoms with Crippen LogP contribution in [-0.4, -0.2) is 44.6 Å². The van der Waals surface area contributed by atoms with E-state index in [0.29, 0.717) is 31.7 Å². The number of carbonyl (C=O) groups excluding carboxylic acids is 2. The molecule has 0 unspecified atom stereocenters. The fourth-order valence-corrected chi connectivity index (χ4v) is 13.7. The van der Waals surface area contributed by atoms with Gasteiger partial charge in [-0.25, -0.2) is 0 Å². The molecule has 0 aromatic heterocycles. The van der Waals surface area contributed by atoms with Gasteiger partial charge >= 0.3 is 0 Å². The molecule has 2 fully saturated rings. The summed E-state index contributed by atoms with van der Waals surface area (Å²) in [6.45, 7) is 9.63. The predicted octanol–water partition coefficient (Wildman–Crippen LogP) is 8.44. The molecule has 6 nitrogen and oxygen atoms in total. The number of hydrogen-bond donors (Lipinski definition) is 1. The number of phenolic OH excluding ortho intramolecular Hbond substituents is 1. The molecule has 2 saturated heterocycles. The number of phenols is 1. The number of carbonyl (C=O) groups is 2. The lowest BCUT2D eigenvalue weighted by Gasteiger charge is -2.44. The molecule has 1 aliphatic carbocycles. The Balaban J connectivity index is 1.27. The summed E-state index contributed by atoms with van der Waals surface area (Å²) in [7, 11) is -2.89. The van der Waals surface area contributed by atoms with Crippen molar-refractivity contribution < 1.29 is 23.9 Å². The van der Waals surface area contributed by atoms with Gasteiger partial charge in [-0.05, 0) is 83.1 Å². The number of fused-ring (bicyclic) bond motifs is 3. The number of benzene rings is 4. The molecule has 7 rings (SSSR count). The lowest BCUT2D eigenvalue weighted by Crippen LogP contribution is -2.66. The monoisotopic (exact) mass is 775 g/mol. The SMILES string of the molecule is C/C(=C\c1cc(Br)ccc1O)CC[C@H]1OC[C@H]2C1=C(CO[Si](c1ccccc1)(c1ccccc1)C(C)(C)C)C[C@H]1C(=O)N(c3ccccc3)C(=O)[C@H]12. The van der Waals surface area contributed by atoms with Gasteiger partial charge in [0.25, 0.3) is 8.32 Å². The first-order valence-electron chi connectivity index (χ1n) is 18.2. The molecule has 4 aromatic rings. The van der Waals surface area contributed by atoms with E-state index >= 15 is 0 Å². The molecule has 0 spiro atoms. The van der Waals surface area contributed by atoms with E-state index in [2.05, 4.69) is 92.2 Å². The third-order valence-corrected chi connectivity index (χ3v) is 16.6. The number of allylic oxidation sites excluding steroid dienone is 1. The lowest BCUT2D eigenvalue weighted by atomic mass is 9.69. The van der Waals surface area contributed by atoms with Gasteiger partial charge in [0.05, 0.1) is 36.8 Å². The van der Waals surface area contributed by atoms with Gasteiger partial charge in [-0.3, -0.25) is 14.5 Å². The highest BCUT2D eigenvalue weighted by Gasteiger charge is 2.58. The maximum Gasteiger partial charge on any atom is 0.261 e. The van der Waals surface area contributed by atoms with Gasteiger partial charge in [-0.15, -0.1) is 0 Å². The number of rotatable bonds is 10. The van der Waals surface area contributed by atoms with Gasteiger partial charge < -0.3 is 14.3 Å². The maximum absolute atomic E-state index is 14.2. The third-order valence-electron chi connectivity index (χ3n) is 11.1. The molecular formula is C44H46BrNO5Si. The number of ether oxygens (including phenoxy) is 1. The predicted molar refractivity (Wildman–Crippen MR) is 213 cm³/mol. The Bertz CT molecular complexity index is 1970. The minimum atomic E-state index is -2.89.